The van der Waals surface area contributed by atoms with Crippen LogP contribution in [0.4, 0.5) is 0 Å². The smallest absolute Gasteiger partial charge is 0.189 e. The van der Waals surface area contributed by atoms with Crippen molar-refractivity contribution in [3.05, 3.63) is 64.2 Å². The molecule has 3 N–H and O–H groups in total. The Bertz CT molecular complexity index is 744. The fraction of sp³-hybridized carbons (Fsp3) is 0.350. The van der Waals surface area contributed by atoms with Crippen molar-refractivity contribution in [2.45, 2.75) is 39.8 Å². The van der Waals surface area contributed by atoms with Gasteiger partial charge in [-0.15, -0.1) is 0 Å². The van der Waals surface area contributed by atoms with E-state index in [9.17, 15) is 0 Å². The molecule has 1 heterocycles. The van der Waals surface area contributed by atoms with Gasteiger partial charge in [0.1, 0.15) is 5.75 Å². The summed E-state index contributed by atoms with van der Waals surface area (Å²) in [6, 6.07) is 12.6. The third-order valence-electron chi connectivity index (χ3n) is 4.53. The van der Waals surface area contributed by atoms with Crippen LogP contribution in [0.25, 0.3) is 0 Å². The topological polar surface area (TPSA) is 59.6 Å². The lowest BCUT2D eigenvalue weighted by Crippen LogP contribution is -2.37. The van der Waals surface area contributed by atoms with Crippen molar-refractivity contribution >= 4 is 5.96 Å². The van der Waals surface area contributed by atoms with Crippen molar-refractivity contribution in [1.82, 2.24) is 5.32 Å². The lowest BCUT2D eigenvalue weighted by molar-refractivity contribution is 0.262. The molecule has 1 aliphatic rings. The number of fused-ring (bicyclic) bond motifs is 1. The van der Waals surface area contributed by atoms with Crippen molar-refractivity contribution in [2.24, 2.45) is 10.7 Å². The van der Waals surface area contributed by atoms with Crippen LogP contribution in [0.3, 0.4) is 0 Å². The Hall–Kier alpha value is -2.49. The van der Waals surface area contributed by atoms with Crippen LogP contribution in [-0.4, -0.2) is 12.6 Å². The summed E-state index contributed by atoms with van der Waals surface area (Å²) in [6.45, 7) is 7.66. The van der Waals surface area contributed by atoms with E-state index in [-0.39, 0.29) is 6.04 Å². The Labute approximate surface area is 143 Å². The minimum atomic E-state index is 0.152. The summed E-state index contributed by atoms with van der Waals surface area (Å²) in [5.41, 5.74) is 12.3. The number of aliphatic imine (C=N–C) groups is 1. The number of aryl methyl sites for hydroxylation is 3. The fourth-order valence-electron chi connectivity index (χ4n) is 3.34. The van der Waals surface area contributed by atoms with Crippen LogP contribution in [-0.2, 0) is 6.54 Å². The summed E-state index contributed by atoms with van der Waals surface area (Å²) in [7, 11) is 0. The number of rotatable bonds is 3. The zero-order valence-electron chi connectivity index (χ0n) is 14.6. The van der Waals surface area contributed by atoms with Gasteiger partial charge in [0.15, 0.2) is 5.96 Å². The Kier molecular flexibility index (Phi) is 4.74. The highest BCUT2D eigenvalue weighted by Crippen LogP contribution is 2.31. The van der Waals surface area contributed by atoms with Crippen LogP contribution in [0.15, 0.2) is 41.4 Å². The second-order valence-electron chi connectivity index (χ2n) is 6.45. The molecule has 0 saturated heterocycles. The number of hydrogen-bond donors (Lipinski definition) is 2. The van der Waals surface area contributed by atoms with Crippen LogP contribution in [0.5, 0.6) is 5.75 Å². The van der Waals surface area contributed by atoms with E-state index in [1.54, 1.807) is 0 Å². The highest BCUT2D eigenvalue weighted by molar-refractivity contribution is 5.78. The van der Waals surface area contributed by atoms with E-state index in [2.05, 4.69) is 49.3 Å². The average molecular weight is 323 g/mol. The third kappa shape index (κ3) is 3.53. The van der Waals surface area contributed by atoms with Gasteiger partial charge < -0.3 is 15.8 Å². The van der Waals surface area contributed by atoms with Crippen molar-refractivity contribution in [1.29, 1.82) is 0 Å². The molecule has 2 aromatic rings. The first kappa shape index (κ1) is 16.4. The number of nitrogens with zero attached hydrogens (tertiary/aromatic N) is 1. The molecule has 1 unspecified atom stereocenters. The van der Waals surface area contributed by atoms with Gasteiger partial charge in [0.25, 0.3) is 0 Å². The number of benzene rings is 2. The number of ether oxygens (including phenoxy) is 1. The molecule has 126 valence electrons. The van der Waals surface area contributed by atoms with Gasteiger partial charge in [0, 0.05) is 12.0 Å². The molecule has 24 heavy (non-hydrogen) atoms. The number of nitrogens with one attached hydrogen (secondary N) is 1. The molecule has 0 aromatic heterocycles. The van der Waals surface area contributed by atoms with Crippen LogP contribution in [0.2, 0.25) is 0 Å². The molecule has 3 rings (SSSR count). The molecule has 4 heteroatoms. The maximum atomic E-state index is 6.14. The van der Waals surface area contributed by atoms with Gasteiger partial charge in [0.05, 0.1) is 19.2 Å². The zero-order valence-corrected chi connectivity index (χ0v) is 14.6. The SMILES string of the molecule is Cc1cc(C)c(CN=C(N)NC2CCOc3ccccc32)c(C)c1. The quantitative estimate of drug-likeness (QED) is 0.671. The molecule has 0 fully saturated rings. The van der Waals surface area contributed by atoms with E-state index < -0.39 is 0 Å². The lowest BCUT2D eigenvalue weighted by atomic mass is 10.00. The molecular formula is C20H25N3O. The second-order valence-corrected chi connectivity index (χ2v) is 6.45. The minimum Gasteiger partial charge on any atom is -0.493 e. The van der Waals surface area contributed by atoms with Crippen molar-refractivity contribution < 1.29 is 4.74 Å². The molecule has 0 saturated carbocycles. The molecule has 0 radical (unpaired) electrons. The normalized spacial score (nSPS) is 17.1. The Morgan fingerprint density at radius 3 is 2.67 bits per heavy atom. The molecule has 0 bridgehead atoms. The fourth-order valence-corrected chi connectivity index (χ4v) is 3.34. The average Bonchev–Trinajstić information content (AvgIpc) is 2.54. The summed E-state index contributed by atoms with van der Waals surface area (Å²) >= 11 is 0. The van der Waals surface area contributed by atoms with Crippen LogP contribution in [0, 0.1) is 20.8 Å². The monoisotopic (exact) mass is 323 g/mol. The van der Waals surface area contributed by atoms with E-state index in [1.165, 1.54) is 22.3 Å². The largest absolute Gasteiger partial charge is 0.493 e. The van der Waals surface area contributed by atoms with Crippen LogP contribution >= 0.6 is 0 Å². The van der Waals surface area contributed by atoms with Crippen LogP contribution < -0.4 is 15.8 Å². The first-order chi connectivity index (χ1) is 11.5. The Balaban J connectivity index is 1.72. The van der Waals surface area contributed by atoms with Gasteiger partial charge >= 0.3 is 0 Å². The molecule has 0 aliphatic carbocycles. The Morgan fingerprint density at radius 2 is 1.92 bits per heavy atom. The molecule has 2 aromatic carbocycles. The molecule has 1 atom stereocenters. The summed E-state index contributed by atoms with van der Waals surface area (Å²) in [5, 5.41) is 3.34. The highest BCUT2D eigenvalue weighted by atomic mass is 16.5. The molecule has 4 nitrogen and oxygen atoms in total. The lowest BCUT2D eigenvalue weighted by Gasteiger charge is -2.27. The molecule has 1 aliphatic heterocycles. The van der Waals surface area contributed by atoms with Crippen molar-refractivity contribution in [3.8, 4) is 5.75 Å². The van der Waals surface area contributed by atoms with Crippen LogP contribution in [0.1, 0.15) is 40.3 Å². The number of guanidine groups is 1. The maximum absolute atomic E-state index is 6.14. The van der Waals surface area contributed by atoms with Crippen molar-refractivity contribution in [3.63, 3.8) is 0 Å². The van der Waals surface area contributed by atoms with Crippen molar-refractivity contribution in [2.75, 3.05) is 6.61 Å². The molecular weight excluding hydrogens is 298 g/mol. The van der Waals surface area contributed by atoms with E-state index in [1.807, 2.05) is 18.2 Å². The first-order valence-corrected chi connectivity index (χ1v) is 8.39. The number of hydrogen-bond acceptors (Lipinski definition) is 2. The second kappa shape index (κ2) is 6.95. The van der Waals surface area contributed by atoms with E-state index >= 15 is 0 Å². The summed E-state index contributed by atoms with van der Waals surface area (Å²) < 4.78 is 5.69. The van der Waals surface area contributed by atoms with E-state index in [4.69, 9.17) is 10.5 Å². The summed E-state index contributed by atoms with van der Waals surface area (Å²) in [4.78, 5) is 4.56. The van der Waals surface area contributed by atoms with Gasteiger partial charge in [0.2, 0.25) is 0 Å². The van der Waals surface area contributed by atoms with Gasteiger partial charge in [-0.2, -0.15) is 0 Å². The van der Waals surface area contributed by atoms with Gasteiger partial charge in [-0.25, -0.2) is 4.99 Å². The summed E-state index contributed by atoms with van der Waals surface area (Å²) in [6.07, 6.45) is 0.885. The zero-order chi connectivity index (χ0) is 17.1. The highest BCUT2D eigenvalue weighted by Gasteiger charge is 2.21. The number of nitrogens with two attached hydrogens (primary N) is 1. The Morgan fingerprint density at radius 1 is 1.21 bits per heavy atom. The maximum Gasteiger partial charge on any atom is 0.189 e. The third-order valence-corrected chi connectivity index (χ3v) is 4.53. The predicted molar refractivity (Wildman–Crippen MR) is 98.4 cm³/mol. The number of para-hydroxylation sites is 1. The van der Waals surface area contributed by atoms with Gasteiger partial charge in [-0.1, -0.05) is 35.9 Å². The van der Waals surface area contributed by atoms with Gasteiger partial charge in [-0.3, -0.25) is 0 Å². The molecule has 0 spiro atoms. The standard InChI is InChI=1S/C20H25N3O/c1-13-10-14(2)17(15(3)11-13)12-22-20(21)23-18-8-9-24-19-7-5-4-6-16(18)19/h4-7,10-11,18H,8-9,12H2,1-3H3,(H3,21,22,23). The van der Waals surface area contributed by atoms with E-state index in [0.29, 0.717) is 19.1 Å². The summed E-state index contributed by atoms with van der Waals surface area (Å²) in [5.74, 6) is 1.41. The van der Waals surface area contributed by atoms with Gasteiger partial charge in [-0.05, 0) is 43.5 Å². The predicted octanol–water partition coefficient (Wildman–Crippen LogP) is 3.54. The first-order valence-electron chi connectivity index (χ1n) is 8.39. The molecule has 0 amide bonds. The minimum absolute atomic E-state index is 0.152. The van der Waals surface area contributed by atoms with E-state index in [0.717, 1.165) is 17.7 Å².